The molecule has 0 amide bonds. The molecule has 0 radical (unpaired) electrons. The summed E-state index contributed by atoms with van der Waals surface area (Å²) in [5.74, 6) is -0.421. The van der Waals surface area contributed by atoms with Crippen LogP contribution in [0.15, 0.2) is 133 Å². The molecule has 6 aromatic rings. The van der Waals surface area contributed by atoms with E-state index in [1.165, 1.54) is 5.56 Å². The van der Waals surface area contributed by atoms with E-state index in [2.05, 4.69) is 72.5 Å². The van der Waals surface area contributed by atoms with Gasteiger partial charge in [0.05, 0.1) is 5.57 Å². The number of para-hydroxylation sites is 1. The summed E-state index contributed by atoms with van der Waals surface area (Å²) in [6, 6.07) is 42.7. The quantitative estimate of drug-likeness (QED) is 0.173. The summed E-state index contributed by atoms with van der Waals surface area (Å²) < 4.78 is 0. The van der Waals surface area contributed by atoms with E-state index in [1.807, 2.05) is 66.7 Å². The van der Waals surface area contributed by atoms with Crippen molar-refractivity contribution in [1.82, 2.24) is 0 Å². The molecule has 1 aliphatic rings. The van der Waals surface area contributed by atoms with Crippen molar-refractivity contribution in [2.75, 3.05) is 4.90 Å². The molecular weight excluding hydrogens is 490 g/mol. The van der Waals surface area contributed by atoms with Gasteiger partial charge in [0.15, 0.2) is 11.6 Å². The van der Waals surface area contributed by atoms with Crippen LogP contribution >= 0.6 is 0 Å². The standard InChI is InChI=1S/C37H25NO2/c1-24-11-16-31(17-12-24)38(30-9-3-2-4-10-30)32-18-15-28-19-25(13-14-29(28)21-32)20-35-36(39)33-22-26-7-5-6-8-27(26)23-34(33)37(35)40/h2-23H,1H3. The molecule has 0 saturated carbocycles. The number of rotatable bonds is 4. The molecule has 0 N–H and O–H groups in total. The highest BCUT2D eigenvalue weighted by Gasteiger charge is 2.33. The lowest BCUT2D eigenvalue weighted by molar-refractivity contribution is 0.0990. The zero-order valence-corrected chi connectivity index (χ0v) is 22.0. The van der Waals surface area contributed by atoms with E-state index in [-0.39, 0.29) is 17.1 Å². The lowest BCUT2D eigenvalue weighted by Gasteiger charge is -2.26. The molecule has 0 heterocycles. The Morgan fingerprint density at radius 1 is 0.500 bits per heavy atom. The third kappa shape index (κ3) is 4.09. The first-order valence-electron chi connectivity index (χ1n) is 13.3. The Morgan fingerprint density at radius 3 is 1.70 bits per heavy atom. The number of fused-ring (bicyclic) bond motifs is 3. The fraction of sp³-hybridized carbons (Fsp3) is 0.0270. The van der Waals surface area contributed by atoms with Crippen LogP contribution in [0.2, 0.25) is 0 Å². The first-order valence-corrected chi connectivity index (χ1v) is 13.3. The van der Waals surface area contributed by atoms with Crippen molar-refractivity contribution in [1.29, 1.82) is 0 Å². The number of Topliss-reactive ketones (excluding diaryl/α,β-unsaturated/α-hetero) is 2. The molecule has 0 aromatic heterocycles. The lowest BCUT2D eigenvalue weighted by atomic mass is 10.0. The Morgan fingerprint density at radius 2 is 1.02 bits per heavy atom. The normalized spacial score (nSPS) is 12.7. The highest BCUT2D eigenvalue weighted by Crippen LogP contribution is 2.37. The van der Waals surface area contributed by atoms with Crippen LogP contribution in [-0.2, 0) is 0 Å². The second-order valence-electron chi connectivity index (χ2n) is 10.3. The molecule has 3 heteroatoms. The van der Waals surface area contributed by atoms with Gasteiger partial charge in [-0.1, -0.05) is 78.4 Å². The van der Waals surface area contributed by atoms with Gasteiger partial charge in [-0.3, -0.25) is 9.59 Å². The predicted molar refractivity (Wildman–Crippen MR) is 164 cm³/mol. The second-order valence-corrected chi connectivity index (χ2v) is 10.3. The molecule has 190 valence electrons. The molecule has 0 spiro atoms. The fourth-order valence-corrected chi connectivity index (χ4v) is 5.51. The van der Waals surface area contributed by atoms with Gasteiger partial charge in [-0.2, -0.15) is 0 Å². The topological polar surface area (TPSA) is 37.4 Å². The number of nitrogens with zero attached hydrogens (tertiary/aromatic N) is 1. The second kappa shape index (κ2) is 9.48. The van der Waals surface area contributed by atoms with E-state index in [9.17, 15) is 9.59 Å². The van der Waals surface area contributed by atoms with Crippen molar-refractivity contribution in [2.24, 2.45) is 0 Å². The zero-order valence-electron chi connectivity index (χ0n) is 22.0. The molecule has 7 rings (SSSR count). The van der Waals surface area contributed by atoms with Crippen LogP contribution in [0.25, 0.3) is 27.6 Å². The Balaban J connectivity index is 1.26. The van der Waals surface area contributed by atoms with Gasteiger partial charge in [0.2, 0.25) is 0 Å². The monoisotopic (exact) mass is 515 g/mol. The SMILES string of the molecule is Cc1ccc(N(c2ccccc2)c2ccc3cc(C=C4C(=O)c5cc6ccccc6cc5C4=O)ccc3c2)cc1. The Bertz CT molecular complexity index is 1930. The minimum absolute atomic E-state index is 0.210. The van der Waals surface area contributed by atoms with Gasteiger partial charge in [-0.15, -0.1) is 0 Å². The number of aryl methyl sites for hydroxylation is 1. The van der Waals surface area contributed by atoms with E-state index in [4.69, 9.17) is 0 Å². The van der Waals surface area contributed by atoms with E-state index in [1.54, 1.807) is 6.08 Å². The van der Waals surface area contributed by atoms with Gasteiger partial charge < -0.3 is 4.90 Å². The summed E-state index contributed by atoms with van der Waals surface area (Å²) in [5.41, 5.74) is 6.45. The summed E-state index contributed by atoms with van der Waals surface area (Å²) in [6.07, 6.45) is 1.73. The lowest BCUT2D eigenvalue weighted by Crippen LogP contribution is -2.09. The molecule has 1 aliphatic carbocycles. The first-order chi connectivity index (χ1) is 19.5. The maximum absolute atomic E-state index is 13.2. The minimum atomic E-state index is -0.210. The molecular formula is C37H25NO2. The van der Waals surface area contributed by atoms with Crippen LogP contribution in [0.1, 0.15) is 31.8 Å². The molecule has 40 heavy (non-hydrogen) atoms. The van der Waals surface area contributed by atoms with Crippen molar-refractivity contribution in [3.63, 3.8) is 0 Å². The van der Waals surface area contributed by atoms with E-state index < -0.39 is 0 Å². The van der Waals surface area contributed by atoms with Gasteiger partial charge in [0, 0.05) is 28.2 Å². The summed E-state index contributed by atoms with van der Waals surface area (Å²) in [4.78, 5) is 28.7. The summed E-state index contributed by atoms with van der Waals surface area (Å²) in [6.45, 7) is 2.09. The minimum Gasteiger partial charge on any atom is -0.310 e. The Hall–Kier alpha value is -5.28. The molecule has 0 saturated heterocycles. The van der Waals surface area contributed by atoms with Crippen LogP contribution in [0.4, 0.5) is 17.1 Å². The van der Waals surface area contributed by atoms with E-state index in [0.717, 1.165) is 44.2 Å². The number of hydrogen-bond donors (Lipinski definition) is 0. The van der Waals surface area contributed by atoms with Crippen LogP contribution < -0.4 is 4.90 Å². The largest absolute Gasteiger partial charge is 0.310 e. The van der Waals surface area contributed by atoms with Gasteiger partial charge in [-0.05, 0) is 94.7 Å². The van der Waals surface area contributed by atoms with Crippen LogP contribution in [0.5, 0.6) is 0 Å². The Labute approximate surface area is 232 Å². The van der Waals surface area contributed by atoms with Crippen LogP contribution in [0, 0.1) is 6.92 Å². The van der Waals surface area contributed by atoms with E-state index in [0.29, 0.717) is 11.1 Å². The van der Waals surface area contributed by atoms with E-state index >= 15 is 0 Å². The van der Waals surface area contributed by atoms with Crippen LogP contribution in [0.3, 0.4) is 0 Å². The molecule has 3 nitrogen and oxygen atoms in total. The summed E-state index contributed by atoms with van der Waals surface area (Å²) >= 11 is 0. The van der Waals surface area contributed by atoms with Gasteiger partial charge >= 0.3 is 0 Å². The summed E-state index contributed by atoms with van der Waals surface area (Å²) in [7, 11) is 0. The first kappa shape index (κ1) is 23.8. The third-order valence-electron chi connectivity index (χ3n) is 7.59. The van der Waals surface area contributed by atoms with Crippen molar-refractivity contribution in [2.45, 2.75) is 6.92 Å². The molecule has 0 atom stereocenters. The molecule has 0 fully saturated rings. The van der Waals surface area contributed by atoms with Gasteiger partial charge in [0.1, 0.15) is 0 Å². The number of carbonyl (C=O) groups is 2. The number of carbonyl (C=O) groups excluding carboxylic acids is 2. The average molecular weight is 516 g/mol. The number of allylic oxidation sites excluding steroid dienone is 1. The number of anilines is 3. The maximum atomic E-state index is 13.2. The molecule has 6 aromatic carbocycles. The molecule has 0 unspecified atom stereocenters. The highest BCUT2D eigenvalue weighted by molar-refractivity contribution is 6.42. The average Bonchev–Trinajstić information content (AvgIpc) is 3.21. The van der Waals surface area contributed by atoms with Crippen molar-refractivity contribution >= 4 is 56.2 Å². The smallest absolute Gasteiger partial charge is 0.197 e. The van der Waals surface area contributed by atoms with Gasteiger partial charge in [-0.25, -0.2) is 0 Å². The zero-order chi connectivity index (χ0) is 27.2. The molecule has 0 bridgehead atoms. The fourth-order valence-electron chi connectivity index (χ4n) is 5.51. The number of benzene rings is 6. The number of ketones is 2. The Kier molecular flexibility index (Phi) is 5.64. The van der Waals surface area contributed by atoms with Crippen molar-refractivity contribution < 1.29 is 9.59 Å². The van der Waals surface area contributed by atoms with Crippen molar-refractivity contribution in [3.05, 3.63) is 155 Å². The van der Waals surface area contributed by atoms with Crippen LogP contribution in [-0.4, -0.2) is 11.6 Å². The third-order valence-corrected chi connectivity index (χ3v) is 7.59. The summed E-state index contributed by atoms with van der Waals surface area (Å²) in [5, 5.41) is 4.03. The van der Waals surface area contributed by atoms with Crippen molar-refractivity contribution in [3.8, 4) is 0 Å². The predicted octanol–water partition coefficient (Wildman–Crippen LogP) is 9.23. The van der Waals surface area contributed by atoms with Gasteiger partial charge in [0.25, 0.3) is 0 Å². The molecule has 0 aliphatic heterocycles. The maximum Gasteiger partial charge on any atom is 0.197 e. The highest BCUT2D eigenvalue weighted by atomic mass is 16.2. The number of hydrogen-bond acceptors (Lipinski definition) is 3.